The predicted molar refractivity (Wildman–Crippen MR) is 83.2 cm³/mol. The maximum atomic E-state index is 12.5. The molecule has 2 atom stereocenters. The summed E-state index contributed by atoms with van der Waals surface area (Å²) in [6, 6.07) is 8.40. The van der Waals surface area contributed by atoms with E-state index in [-0.39, 0.29) is 11.9 Å². The molecule has 2 aliphatic rings. The van der Waals surface area contributed by atoms with Crippen LogP contribution in [0.1, 0.15) is 29.8 Å². The Hall–Kier alpha value is -2.01. The van der Waals surface area contributed by atoms with Crippen LogP contribution < -0.4 is 11.1 Å². The van der Waals surface area contributed by atoms with Crippen LogP contribution in [0.3, 0.4) is 0 Å². The molecule has 0 saturated carbocycles. The van der Waals surface area contributed by atoms with Gasteiger partial charge in [0.05, 0.1) is 11.2 Å². The fourth-order valence-electron chi connectivity index (χ4n) is 3.80. The third kappa shape index (κ3) is 2.08. The highest BCUT2D eigenvalue weighted by atomic mass is 16.2. The highest BCUT2D eigenvalue weighted by Crippen LogP contribution is 2.28. The smallest absolute Gasteiger partial charge is 0.268 e. The Bertz CT molecular complexity index is 693. The first-order valence-electron chi connectivity index (χ1n) is 7.64. The lowest BCUT2D eigenvalue weighted by Crippen LogP contribution is -2.42. The number of benzene rings is 1. The topological polar surface area (TPSA) is 74.2 Å². The van der Waals surface area contributed by atoms with E-state index in [0.717, 1.165) is 23.9 Å². The molecule has 21 heavy (non-hydrogen) atoms. The van der Waals surface area contributed by atoms with Crippen LogP contribution >= 0.6 is 0 Å². The van der Waals surface area contributed by atoms with E-state index in [0.29, 0.717) is 17.4 Å². The normalized spacial score (nSPS) is 25.3. The second kappa shape index (κ2) is 4.77. The van der Waals surface area contributed by atoms with Gasteiger partial charge in [0.1, 0.15) is 5.69 Å². The van der Waals surface area contributed by atoms with Crippen molar-refractivity contribution in [3.05, 3.63) is 30.0 Å². The fourth-order valence-corrected chi connectivity index (χ4v) is 3.80. The molecular formula is C16H20N4O. The minimum Gasteiger partial charge on any atom is -0.397 e. The van der Waals surface area contributed by atoms with Crippen molar-refractivity contribution in [1.29, 1.82) is 0 Å². The largest absolute Gasteiger partial charge is 0.397 e. The lowest BCUT2D eigenvalue weighted by molar-refractivity contribution is 0.0925. The number of carbonyl (C=O) groups is 1. The number of nitrogens with zero attached hydrogens (tertiary/aromatic N) is 1. The molecule has 1 amide bonds. The van der Waals surface area contributed by atoms with E-state index in [1.807, 2.05) is 24.3 Å². The van der Waals surface area contributed by atoms with Gasteiger partial charge in [-0.15, -0.1) is 0 Å². The van der Waals surface area contributed by atoms with Crippen LogP contribution in [0.25, 0.3) is 10.9 Å². The fraction of sp³-hybridized carbons (Fsp3) is 0.438. The monoisotopic (exact) mass is 284 g/mol. The molecule has 0 spiro atoms. The number of nitrogen functional groups attached to an aromatic ring is 1. The van der Waals surface area contributed by atoms with Gasteiger partial charge in [-0.1, -0.05) is 12.1 Å². The number of amides is 1. The Morgan fingerprint density at radius 1 is 1.33 bits per heavy atom. The molecule has 5 nitrogen and oxygen atoms in total. The molecule has 1 aromatic carbocycles. The van der Waals surface area contributed by atoms with E-state index in [1.54, 1.807) is 0 Å². The average molecular weight is 284 g/mol. The summed E-state index contributed by atoms with van der Waals surface area (Å²) in [6.45, 7) is 2.29. The van der Waals surface area contributed by atoms with Gasteiger partial charge in [0.15, 0.2) is 0 Å². The molecule has 2 fully saturated rings. The molecule has 110 valence electrons. The van der Waals surface area contributed by atoms with E-state index in [9.17, 15) is 4.79 Å². The number of fused-ring (bicyclic) bond motifs is 2. The Balaban J connectivity index is 1.55. The SMILES string of the molecule is Nc1cccc2cc(C(=O)NC3CCN4CCCC34)[nH]c12. The number of H-pyrrole nitrogens is 1. The molecule has 3 heterocycles. The van der Waals surface area contributed by atoms with Gasteiger partial charge >= 0.3 is 0 Å². The number of rotatable bonds is 2. The zero-order chi connectivity index (χ0) is 14.4. The minimum atomic E-state index is -0.0238. The summed E-state index contributed by atoms with van der Waals surface area (Å²) in [7, 11) is 0. The molecule has 5 heteroatoms. The standard InChI is InChI=1S/C16H20N4O/c17-11-4-1-3-10-9-13(18-15(10)11)16(21)19-12-6-8-20-7-2-5-14(12)20/h1,3-4,9,12,14,18H,2,5-8,17H2,(H,19,21). The van der Waals surface area contributed by atoms with Gasteiger partial charge in [0.2, 0.25) is 0 Å². The second-order valence-corrected chi connectivity index (χ2v) is 6.11. The predicted octanol–water partition coefficient (Wildman–Crippen LogP) is 1.72. The van der Waals surface area contributed by atoms with Crippen LogP contribution in [0.15, 0.2) is 24.3 Å². The summed E-state index contributed by atoms with van der Waals surface area (Å²) >= 11 is 0. The van der Waals surface area contributed by atoms with Crippen molar-refractivity contribution < 1.29 is 4.79 Å². The summed E-state index contributed by atoms with van der Waals surface area (Å²) in [5, 5.41) is 4.17. The van der Waals surface area contributed by atoms with Gasteiger partial charge < -0.3 is 16.0 Å². The van der Waals surface area contributed by atoms with Crippen LogP contribution in [0, 0.1) is 0 Å². The molecule has 0 radical (unpaired) electrons. The molecule has 0 aliphatic carbocycles. The number of nitrogens with two attached hydrogens (primary N) is 1. The third-order valence-electron chi connectivity index (χ3n) is 4.86. The van der Waals surface area contributed by atoms with Gasteiger partial charge in [0, 0.05) is 24.0 Å². The Kier molecular flexibility index (Phi) is 2.89. The van der Waals surface area contributed by atoms with Gasteiger partial charge in [-0.25, -0.2) is 0 Å². The second-order valence-electron chi connectivity index (χ2n) is 6.11. The van der Waals surface area contributed by atoms with Gasteiger partial charge in [-0.2, -0.15) is 0 Å². The van der Waals surface area contributed by atoms with Gasteiger partial charge in [-0.3, -0.25) is 9.69 Å². The zero-order valence-corrected chi connectivity index (χ0v) is 11.9. The Labute approximate surface area is 123 Å². The molecule has 2 unspecified atom stereocenters. The summed E-state index contributed by atoms with van der Waals surface area (Å²) in [5.41, 5.74) is 8.05. The summed E-state index contributed by atoms with van der Waals surface area (Å²) in [4.78, 5) is 18.1. The zero-order valence-electron chi connectivity index (χ0n) is 11.9. The maximum Gasteiger partial charge on any atom is 0.268 e. The number of aromatic nitrogens is 1. The van der Waals surface area contributed by atoms with Crippen molar-refractivity contribution in [3.8, 4) is 0 Å². The highest BCUT2D eigenvalue weighted by molar-refractivity contribution is 6.00. The van der Waals surface area contributed by atoms with E-state index in [4.69, 9.17) is 5.73 Å². The molecule has 4 N–H and O–H groups in total. The van der Waals surface area contributed by atoms with Crippen molar-refractivity contribution in [2.45, 2.75) is 31.3 Å². The van der Waals surface area contributed by atoms with Crippen LogP contribution in [0.5, 0.6) is 0 Å². The van der Waals surface area contributed by atoms with Crippen molar-refractivity contribution in [1.82, 2.24) is 15.2 Å². The number of anilines is 1. The molecule has 2 aliphatic heterocycles. The van der Waals surface area contributed by atoms with Crippen molar-refractivity contribution in [2.24, 2.45) is 0 Å². The number of carbonyl (C=O) groups excluding carboxylic acids is 1. The van der Waals surface area contributed by atoms with Crippen LogP contribution in [-0.4, -0.2) is 41.0 Å². The van der Waals surface area contributed by atoms with Crippen LogP contribution in [-0.2, 0) is 0 Å². The summed E-state index contributed by atoms with van der Waals surface area (Å²) < 4.78 is 0. The molecule has 2 aromatic rings. The van der Waals surface area contributed by atoms with Crippen molar-refractivity contribution in [2.75, 3.05) is 18.8 Å². The van der Waals surface area contributed by atoms with E-state index < -0.39 is 0 Å². The number of hydrogen-bond donors (Lipinski definition) is 3. The third-order valence-corrected chi connectivity index (χ3v) is 4.86. The van der Waals surface area contributed by atoms with Crippen molar-refractivity contribution in [3.63, 3.8) is 0 Å². The Morgan fingerprint density at radius 3 is 3.10 bits per heavy atom. The molecular weight excluding hydrogens is 264 g/mol. The number of nitrogens with one attached hydrogen (secondary N) is 2. The number of aromatic amines is 1. The lowest BCUT2D eigenvalue weighted by atomic mass is 10.1. The first kappa shape index (κ1) is 12.7. The number of hydrogen-bond acceptors (Lipinski definition) is 3. The van der Waals surface area contributed by atoms with Crippen LogP contribution in [0.2, 0.25) is 0 Å². The van der Waals surface area contributed by atoms with Crippen LogP contribution in [0.4, 0.5) is 5.69 Å². The summed E-state index contributed by atoms with van der Waals surface area (Å²) in [5.74, 6) is -0.0238. The Morgan fingerprint density at radius 2 is 2.24 bits per heavy atom. The number of para-hydroxylation sites is 1. The van der Waals surface area contributed by atoms with E-state index in [1.165, 1.54) is 19.4 Å². The van der Waals surface area contributed by atoms with E-state index in [2.05, 4.69) is 15.2 Å². The average Bonchev–Trinajstić information content (AvgIpc) is 3.15. The van der Waals surface area contributed by atoms with Gasteiger partial charge in [0.25, 0.3) is 5.91 Å². The molecule has 2 saturated heterocycles. The highest BCUT2D eigenvalue weighted by Gasteiger charge is 2.37. The molecule has 0 bridgehead atoms. The quantitative estimate of drug-likeness (QED) is 0.735. The lowest BCUT2D eigenvalue weighted by Gasteiger charge is -2.20. The summed E-state index contributed by atoms with van der Waals surface area (Å²) in [6.07, 6.45) is 3.50. The molecule has 1 aromatic heterocycles. The minimum absolute atomic E-state index is 0.0238. The van der Waals surface area contributed by atoms with Crippen molar-refractivity contribution >= 4 is 22.5 Å². The van der Waals surface area contributed by atoms with Gasteiger partial charge in [-0.05, 0) is 37.9 Å². The molecule has 4 rings (SSSR count). The first-order valence-corrected chi connectivity index (χ1v) is 7.64. The maximum absolute atomic E-state index is 12.5. The first-order chi connectivity index (χ1) is 10.2. The van der Waals surface area contributed by atoms with E-state index >= 15 is 0 Å².